The van der Waals surface area contributed by atoms with Crippen LogP contribution in [0.4, 0.5) is 8.78 Å². The van der Waals surface area contributed by atoms with Crippen molar-refractivity contribution in [2.24, 2.45) is 7.05 Å². The number of allylic oxidation sites excluding steroid dienone is 1. The predicted octanol–water partition coefficient (Wildman–Crippen LogP) is 3.74. The monoisotopic (exact) mass is 411 g/mol. The van der Waals surface area contributed by atoms with E-state index in [4.69, 9.17) is 4.74 Å². The summed E-state index contributed by atoms with van der Waals surface area (Å²) >= 11 is 3.28. The Morgan fingerprint density at radius 1 is 1.44 bits per heavy atom. The number of halogens is 3. The quantitative estimate of drug-likeness (QED) is 0.412. The summed E-state index contributed by atoms with van der Waals surface area (Å²) in [6, 6.07) is 6.78. The van der Waals surface area contributed by atoms with Crippen LogP contribution in [0.25, 0.3) is 10.9 Å². The highest BCUT2D eigenvalue weighted by Crippen LogP contribution is 2.32. The second kappa shape index (κ2) is 7.66. The van der Waals surface area contributed by atoms with E-state index >= 15 is 0 Å². The Bertz CT molecular complexity index is 882. The van der Waals surface area contributed by atoms with Crippen LogP contribution in [0.1, 0.15) is 10.5 Å². The average Bonchev–Trinajstić information content (AvgIpc) is 2.85. The Morgan fingerprint density at radius 3 is 2.68 bits per heavy atom. The number of nitriles is 1. The number of hydrogen-bond donors (Lipinski definition) is 0. The summed E-state index contributed by atoms with van der Waals surface area (Å²) in [5, 5.41) is 9.86. The standard InChI is InChI=1S/C17H16BrF2N3O2/c1-22(2)8-11(7-21)17(24)14-4-10-5-15(25-9-16(19)20)12(18)6-13(10)23(14)3/h4-6,8,16H,9H2,1-3H3/b11-8+. The molecule has 0 N–H and O–H groups in total. The van der Waals surface area contributed by atoms with Gasteiger partial charge in [0, 0.05) is 38.2 Å². The molecule has 1 aromatic heterocycles. The molecule has 0 aliphatic rings. The maximum Gasteiger partial charge on any atom is 0.272 e. The van der Waals surface area contributed by atoms with Crippen molar-refractivity contribution in [3.05, 3.63) is 40.1 Å². The first kappa shape index (κ1) is 18.9. The number of ether oxygens (including phenoxy) is 1. The van der Waals surface area contributed by atoms with Crippen LogP contribution in [0.15, 0.2) is 34.4 Å². The van der Waals surface area contributed by atoms with E-state index < -0.39 is 18.8 Å². The number of aromatic nitrogens is 1. The number of fused-ring (bicyclic) bond motifs is 1. The third-order valence-electron chi connectivity index (χ3n) is 3.45. The second-order valence-electron chi connectivity index (χ2n) is 5.58. The van der Waals surface area contributed by atoms with Gasteiger partial charge in [0.2, 0.25) is 5.78 Å². The largest absolute Gasteiger partial charge is 0.486 e. The van der Waals surface area contributed by atoms with E-state index in [1.165, 1.54) is 6.20 Å². The lowest BCUT2D eigenvalue weighted by molar-refractivity contribution is 0.0816. The van der Waals surface area contributed by atoms with Crippen molar-refractivity contribution in [2.45, 2.75) is 6.43 Å². The molecular weight excluding hydrogens is 396 g/mol. The zero-order valence-corrected chi connectivity index (χ0v) is 15.5. The molecule has 0 amide bonds. The molecule has 132 valence electrons. The van der Waals surface area contributed by atoms with E-state index in [0.29, 0.717) is 21.1 Å². The number of hydrogen-bond acceptors (Lipinski definition) is 4. The van der Waals surface area contributed by atoms with Crippen molar-refractivity contribution >= 4 is 32.6 Å². The molecule has 8 heteroatoms. The molecule has 0 saturated heterocycles. The molecule has 1 aromatic carbocycles. The van der Waals surface area contributed by atoms with Crippen molar-refractivity contribution < 1.29 is 18.3 Å². The summed E-state index contributed by atoms with van der Waals surface area (Å²) in [4.78, 5) is 14.2. The number of carbonyl (C=O) groups is 1. The van der Waals surface area contributed by atoms with Crippen LogP contribution >= 0.6 is 15.9 Å². The van der Waals surface area contributed by atoms with Crippen LogP contribution in [-0.4, -0.2) is 42.4 Å². The van der Waals surface area contributed by atoms with Crippen LogP contribution in [0.3, 0.4) is 0 Å². The normalized spacial score (nSPS) is 11.7. The van der Waals surface area contributed by atoms with Crippen molar-refractivity contribution in [1.29, 1.82) is 5.26 Å². The van der Waals surface area contributed by atoms with E-state index in [2.05, 4.69) is 15.9 Å². The first-order valence-electron chi connectivity index (χ1n) is 7.27. The summed E-state index contributed by atoms with van der Waals surface area (Å²) in [6.07, 6.45) is -1.13. The molecule has 0 aliphatic heterocycles. The maximum absolute atomic E-state index is 12.6. The molecule has 0 bridgehead atoms. The summed E-state index contributed by atoms with van der Waals surface area (Å²) < 4.78 is 31.9. The van der Waals surface area contributed by atoms with Gasteiger partial charge in [-0.25, -0.2) is 8.78 Å². The smallest absolute Gasteiger partial charge is 0.272 e. The van der Waals surface area contributed by atoms with Gasteiger partial charge >= 0.3 is 0 Å². The van der Waals surface area contributed by atoms with Crippen LogP contribution in [0, 0.1) is 11.3 Å². The molecule has 0 unspecified atom stereocenters. The zero-order valence-electron chi connectivity index (χ0n) is 13.9. The zero-order chi connectivity index (χ0) is 18.7. The number of benzene rings is 1. The van der Waals surface area contributed by atoms with Crippen molar-refractivity contribution in [1.82, 2.24) is 9.47 Å². The Labute approximate surface area is 152 Å². The lowest BCUT2D eigenvalue weighted by atomic mass is 10.1. The lowest BCUT2D eigenvalue weighted by Gasteiger charge is -2.09. The van der Waals surface area contributed by atoms with E-state index in [9.17, 15) is 18.8 Å². The number of Topliss-reactive ketones (excluding diaryl/α,β-unsaturated/α-hetero) is 1. The van der Waals surface area contributed by atoms with Gasteiger partial charge < -0.3 is 14.2 Å². The molecule has 5 nitrogen and oxygen atoms in total. The fourth-order valence-corrected chi connectivity index (χ4v) is 2.80. The van der Waals surface area contributed by atoms with Gasteiger partial charge in [-0.15, -0.1) is 0 Å². The van der Waals surface area contributed by atoms with Gasteiger partial charge in [-0.2, -0.15) is 5.26 Å². The van der Waals surface area contributed by atoms with Crippen LogP contribution in [0.2, 0.25) is 0 Å². The first-order chi connectivity index (χ1) is 11.7. The van der Waals surface area contributed by atoms with Gasteiger partial charge in [-0.05, 0) is 34.1 Å². The average molecular weight is 412 g/mol. The second-order valence-corrected chi connectivity index (χ2v) is 6.43. The summed E-state index contributed by atoms with van der Waals surface area (Å²) in [5.41, 5.74) is 1.04. The third-order valence-corrected chi connectivity index (χ3v) is 4.07. The minimum absolute atomic E-state index is 0.00384. The molecule has 2 aromatic rings. The first-order valence-corrected chi connectivity index (χ1v) is 8.06. The Balaban J connectivity index is 2.48. The molecule has 1 heterocycles. The molecule has 0 saturated carbocycles. The predicted molar refractivity (Wildman–Crippen MR) is 93.8 cm³/mol. The fourth-order valence-electron chi connectivity index (χ4n) is 2.35. The number of nitrogens with zero attached hydrogens (tertiary/aromatic N) is 3. The molecular formula is C17H16BrF2N3O2. The van der Waals surface area contributed by atoms with E-state index in [1.807, 2.05) is 6.07 Å². The van der Waals surface area contributed by atoms with Crippen LogP contribution < -0.4 is 4.74 Å². The van der Waals surface area contributed by atoms with Gasteiger partial charge in [0.15, 0.2) is 0 Å². The number of rotatable bonds is 6. The minimum Gasteiger partial charge on any atom is -0.486 e. The highest BCUT2D eigenvalue weighted by atomic mass is 79.9. The van der Waals surface area contributed by atoms with Crippen molar-refractivity contribution in [2.75, 3.05) is 20.7 Å². The van der Waals surface area contributed by atoms with Gasteiger partial charge in [0.25, 0.3) is 6.43 Å². The highest BCUT2D eigenvalue weighted by molar-refractivity contribution is 9.10. The molecule has 0 radical (unpaired) electrons. The topological polar surface area (TPSA) is 58.3 Å². The van der Waals surface area contributed by atoms with E-state index in [0.717, 1.165) is 0 Å². The van der Waals surface area contributed by atoms with Crippen LogP contribution in [0.5, 0.6) is 5.75 Å². The Morgan fingerprint density at radius 2 is 2.12 bits per heavy atom. The molecule has 0 spiro atoms. The Hall–Kier alpha value is -2.40. The van der Waals surface area contributed by atoms with E-state index in [-0.39, 0.29) is 11.3 Å². The number of ketones is 1. The number of carbonyl (C=O) groups excluding carboxylic acids is 1. The summed E-state index contributed by atoms with van der Waals surface area (Å²) in [6.45, 7) is -0.715. The van der Waals surface area contributed by atoms with Gasteiger partial charge in [-0.1, -0.05) is 0 Å². The maximum atomic E-state index is 12.6. The molecule has 2 rings (SSSR count). The number of alkyl halides is 2. The number of aryl methyl sites for hydroxylation is 1. The summed E-state index contributed by atoms with van der Waals surface area (Å²) in [5.74, 6) is -0.150. The highest BCUT2D eigenvalue weighted by Gasteiger charge is 2.19. The summed E-state index contributed by atoms with van der Waals surface area (Å²) in [7, 11) is 5.14. The third kappa shape index (κ3) is 4.17. The van der Waals surface area contributed by atoms with Gasteiger partial charge in [0.1, 0.15) is 24.0 Å². The molecule has 0 aliphatic carbocycles. The fraction of sp³-hybridized carbons (Fsp3) is 0.294. The van der Waals surface area contributed by atoms with Crippen molar-refractivity contribution in [3.63, 3.8) is 0 Å². The van der Waals surface area contributed by atoms with E-state index in [1.54, 1.807) is 48.8 Å². The molecule has 0 fully saturated rings. The minimum atomic E-state index is -2.58. The van der Waals surface area contributed by atoms with Crippen LogP contribution in [-0.2, 0) is 7.05 Å². The lowest BCUT2D eigenvalue weighted by Crippen LogP contribution is -2.11. The van der Waals surface area contributed by atoms with Gasteiger partial charge in [0.05, 0.1) is 10.2 Å². The molecule has 25 heavy (non-hydrogen) atoms. The SMILES string of the molecule is CN(C)/C=C(\C#N)C(=O)c1cc2cc(OCC(F)F)c(Br)cc2n1C. The van der Waals surface area contributed by atoms with Crippen molar-refractivity contribution in [3.8, 4) is 11.8 Å². The Kier molecular flexibility index (Phi) is 5.80. The van der Waals surface area contributed by atoms with Gasteiger partial charge in [-0.3, -0.25) is 4.79 Å². The molecule has 0 atom stereocenters.